The lowest BCUT2D eigenvalue weighted by Crippen LogP contribution is -2.39. The van der Waals surface area contributed by atoms with Gasteiger partial charge in [0.05, 0.1) is 6.54 Å². The van der Waals surface area contributed by atoms with E-state index in [0.29, 0.717) is 5.92 Å². The summed E-state index contributed by atoms with van der Waals surface area (Å²) >= 11 is 1.10. The summed E-state index contributed by atoms with van der Waals surface area (Å²) in [6.07, 6.45) is 0. The van der Waals surface area contributed by atoms with Crippen molar-refractivity contribution in [1.29, 1.82) is 0 Å². The van der Waals surface area contributed by atoms with Gasteiger partial charge in [0.1, 0.15) is 4.21 Å². The third kappa shape index (κ3) is 5.64. The third-order valence-electron chi connectivity index (χ3n) is 3.73. The maximum absolute atomic E-state index is 11.9. The van der Waals surface area contributed by atoms with Crippen molar-refractivity contribution in [2.75, 3.05) is 13.1 Å². The number of hydrogen-bond acceptors (Lipinski definition) is 5. The van der Waals surface area contributed by atoms with Crippen molar-refractivity contribution in [1.82, 2.24) is 10.0 Å². The summed E-state index contributed by atoms with van der Waals surface area (Å²) in [4.78, 5) is 11.8. The monoisotopic (exact) mass is 381 g/mol. The van der Waals surface area contributed by atoms with Gasteiger partial charge in [0.25, 0.3) is 10.0 Å². The van der Waals surface area contributed by atoms with Gasteiger partial charge in [-0.15, -0.1) is 11.3 Å². The molecule has 0 fully saturated rings. The van der Waals surface area contributed by atoms with Gasteiger partial charge in [-0.05, 0) is 28.5 Å². The van der Waals surface area contributed by atoms with Crippen LogP contribution < -0.4 is 15.8 Å². The van der Waals surface area contributed by atoms with E-state index in [1.165, 1.54) is 11.6 Å². The third-order valence-corrected chi connectivity index (χ3v) is 6.53. The Morgan fingerprint density at radius 1 is 1.16 bits per heavy atom. The molecular weight excluding hydrogens is 358 g/mol. The van der Waals surface area contributed by atoms with Crippen LogP contribution in [0.3, 0.4) is 0 Å². The van der Waals surface area contributed by atoms with Crippen LogP contribution in [0, 0.1) is 0 Å². The zero-order chi connectivity index (χ0) is 18.4. The molecule has 0 saturated heterocycles. The molecule has 2 rings (SSSR count). The molecule has 2 aromatic rings. The smallest absolute Gasteiger partial charge is 0.250 e. The normalized spacial score (nSPS) is 13.0. The minimum Gasteiger partial charge on any atom is -0.353 e. The van der Waals surface area contributed by atoms with E-state index in [9.17, 15) is 13.2 Å². The molecule has 1 aromatic carbocycles. The number of sulfonamides is 1. The van der Waals surface area contributed by atoms with Gasteiger partial charge in [-0.2, -0.15) is 0 Å². The van der Waals surface area contributed by atoms with Gasteiger partial charge in [-0.25, -0.2) is 13.1 Å². The van der Waals surface area contributed by atoms with Crippen LogP contribution in [0.1, 0.15) is 36.9 Å². The largest absolute Gasteiger partial charge is 0.353 e. The number of benzene rings is 1. The Labute approximate surface area is 152 Å². The fourth-order valence-electron chi connectivity index (χ4n) is 2.18. The predicted molar refractivity (Wildman–Crippen MR) is 100.0 cm³/mol. The van der Waals surface area contributed by atoms with Crippen LogP contribution in [0.4, 0.5) is 0 Å². The number of rotatable bonds is 8. The van der Waals surface area contributed by atoms with Gasteiger partial charge in [-0.1, -0.05) is 44.2 Å². The molecule has 1 aromatic heterocycles. The molecule has 0 bridgehead atoms. The van der Waals surface area contributed by atoms with Crippen LogP contribution in [0.2, 0.25) is 0 Å². The predicted octanol–water partition coefficient (Wildman–Crippen LogP) is 1.97. The number of carbonyl (C=O) groups excluding carboxylic acids is 1. The van der Waals surface area contributed by atoms with E-state index in [1.807, 2.05) is 24.3 Å². The summed E-state index contributed by atoms with van der Waals surface area (Å²) in [5.74, 6) is 0.0238. The van der Waals surface area contributed by atoms with Crippen LogP contribution in [-0.4, -0.2) is 27.4 Å². The van der Waals surface area contributed by atoms with Gasteiger partial charge >= 0.3 is 0 Å². The van der Waals surface area contributed by atoms with Crippen molar-refractivity contribution >= 4 is 27.3 Å². The van der Waals surface area contributed by atoms with Crippen LogP contribution in [0.15, 0.2) is 46.0 Å². The molecule has 0 aliphatic heterocycles. The topological polar surface area (TPSA) is 101 Å². The van der Waals surface area contributed by atoms with E-state index in [-0.39, 0.29) is 23.3 Å². The molecule has 1 atom stereocenters. The Bertz CT molecular complexity index is 785. The molecule has 1 amide bonds. The molecule has 0 saturated carbocycles. The van der Waals surface area contributed by atoms with Crippen LogP contribution in [0.5, 0.6) is 0 Å². The highest BCUT2D eigenvalue weighted by Gasteiger charge is 2.16. The zero-order valence-corrected chi connectivity index (χ0v) is 15.9. The first-order valence-corrected chi connectivity index (χ1v) is 10.3. The van der Waals surface area contributed by atoms with Crippen molar-refractivity contribution in [2.45, 2.75) is 30.0 Å². The van der Waals surface area contributed by atoms with E-state index in [2.05, 4.69) is 23.9 Å². The maximum Gasteiger partial charge on any atom is 0.250 e. The second kappa shape index (κ2) is 8.57. The molecule has 0 radical (unpaired) electrons. The fraction of sp³-hybridized carbons (Fsp3) is 0.353. The summed E-state index contributed by atoms with van der Waals surface area (Å²) in [6.45, 7) is 4.15. The van der Waals surface area contributed by atoms with Gasteiger partial charge < -0.3 is 11.1 Å². The quantitative estimate of drug-likeness (QED) is 0.651. The van der Waals surface area contributed by atoms with E-state index in [0.717, 1.165) is 16.9 Å². The first kappa shape index (κ1) is 19.6. The summed E-state index contributed by atoms with van der Waals surface area (Å²) in [5, 5.41) is 4.31. The number of amides is 1. The molecule has 4 N–H and O–H groups in total. The van der Waals surface area contributed by atoms with Gasteiger partial charge in [0.2, 0.25) is 5.91 Å². The SMILES string of the molecule is CC(C)c1ccc(C(N)CNC(=O)CNS(=O)(=O)c2cccs2)cc1. The number of hydrogen-bond donors (Lipinski definition) is 3. The summed E-state index contributed by atoms with van der Waals surface area (Å²) in [7, 11) is -3.64. The van der Waals surface area contributed by atoms with E-state index < -0.39 is 15.9 Å². The number of nitrogens with two attached hydrogens (primary N) is 1. The molecular formula is C17H23N3O3S2. The zero-order valence-electron chi connectivity index (χ0n) is 14.2. The molecule has 1 unspecified atom stereocenters. The van der Waals surface area contributed by atoms with E-state index >= 15 is 0 Å². The molecule has 0 aliphatic carbocycles. The minimum absolute atomic E-state index is 0.183. The highest BCUT2D eigenvalue weighted by Crippen LogP contribution is 2.17. The average Bonchev–Trinajstić information content (AvgIpc) is 3.13. The molecule has 1 heterocycles. The molecule has 136 valence electrons. The van der Waals surface area contributed by atoms with Crippen molar-refractivity contribution in [2.24, 2.45) is 5.73 Å². The Hall–Kier alpha value is -1.74. The molecule has 0 aliphatic rings. The average molecular weight is 382 g/mol. The lowest BCUT2D eigenvalue weighted by Gasteiger charge is -2.15. The van der Waals surface area contributed by atoms with Crippen molar-refractivity contribution in [3.05, 3.63) is 52.9 Å². The second-order valence-electron chi connectivity index (χ2n) is 5.99. The Kier molecular flexibility index (Phi) is 6.71. The highest BCUT2D eigenvalue weighted by molar-refractivity contribution is 7.91. The highest BCUT2D eigenvalue weighted by atomic mass is 32.2. The Balaban J connectivity index is 1.81. The lowest BCUT2D eigenvalue weighted by molar-refractivity contribution is -0.120. The van der Waals surface area contributed by atoms with Gasteiger partial charge in [-0.3, -0.25) is 4.79 Å². The van der Waals surface area contributed by atoms with Crippen molar-refractivity contribution in [3.8, 4) is 0 Å². The Morgan fingerprint density at radius 2 is 1.80 bits per heavy atom. The standard InChI is InChI=1S/C17H23N3O3S2/c1-12(2)13-5-7-14(8-6-13)15(18)10-19-16(21)11-20-25(22,23)17-4-3-9-24-17/h3-9,12,15,20H,10-11,18H2,1-2H3,(H,19,21). The molecule has 6 nitrogen and oxygen atoms in total. The lowest BCUT2D eigenvalue weighted by atomic mass is 9.99. The van der Waals surface area contributed by atoms with Crippen LogP contribution in [-0.2, 0) is 14.8 Å². The number of thiophene rings is 1. The van der Waals surface area contributed by atoms with Crippen molar-refractivity contribution in [3.63, 3.8) is 0 Å². The summed E-state index contributed by atoms with van der Waals surface area (Å²) in [5.41, 5.74) is 8.22. The molecule has 0 spiro atoms. The minimum atomic E-state index is -3.64. The molecule has 8 heteroatoms. The van der Waals surface area contributed by atoms with Gasteiger partial charge in [0, 0.05) is 12.6 Å². The van der Waals surface area contributed by atoms with Crippen LogP contribution in [0.25, 0.3) is 0 Å². The molecule has 25 heavy (non-hydrogen) atoms. The Morgan fingerprint density at radius 3 is 2.36 bits per heavy atom. The summed E-state index contributed by atoms with van der Waals surface area (Å²) < 4.78 is 26.3. The second-order valence-corrected chi connectivity index (χ2v) is 8.93. The fourth-order valence-corrected chi connectivity index (χ4v) is 4.20. The summed E-state index contributed by atoms with van der Waals surface area (Å²) in [6, 6.07) is 10.7. The number of nitrogens with one attached hydrogen (secondary N) is 2. The first-order chi connectivity index (χ1) is 11.8. The van der Waals surface area contributed by atoms with E-state index in [4.69, 9.17) is 5.73 Å². The van der Waals surface area contributed by atoms with Crippen molar-refractivity contribution < 1.29 is 13.2 Å². The van der Waals surface area contributed by atoms with Crippen LogP contribution >= 0.6 is 11.3 Å². The van der Waals surface area contributed by atoms with E-state index in [1.54, 1.807) is 11.4 Å². The maximum atomic E-state index is 11.9. The van der Waals surface area contributed by atoms with Gasteiger partial charge in [0.15, 0.2) is 0 Å². The first-order valence-electron chi connectivity index (χ1n) is 7.95. The number of carbonyl (C=O) groups is 1.